The number of phenolic OH excluding ortho intramolecular Hbond substituents is 1. The highest BCUT2D eigenvalue weighted by atomic mass is 16.3. The number of phenols is 1. The lowest BCUT2D eigenvalue weighted by Gasteiger charge is -1.97. The number of aromatic hydroxyl groups is 1. The van der Waals surface area contributed by atoms with E-state index >= 15 is 0 Å². The average molecular weight is 162 g/mol. The summed E-state index contributed by atoms with van der Waals surface area (Å²) < 4.78 is 0. The minimum absolute atomic E-state index is 0.0269. The first-order chi connectivity index (χ1) is 5.74. The summed E-state index contributed by atoms with van der Waals surface area (Å²) in [6.45, 7) is 3.47. The number of hydrogen-bond acceptors (Lipinski definition) is 2. The van der Waals surface area contributed by atoms with Crippen molar-refractivity contribution in [2.24, 2.45) is 0 Å². The molecule has 0 spiro atoms. The number of carbonyl (C=O) groups is 1. The Hall–Kier alpha value is -1.57. The van der Waals surface area contributed by atoms with Gasteiger partial charge in [-0.05, 0) is 12.1 Å². The summed E-state index contributed by atoms with van der Waals surface area (Å²) in [4.78, 5) is 11.2. The van der Waals surface area contributed by atoms with E-state index in [9.17, 15) is 4.79 Å². The van der Waals surface area contributed by atoms with E-state index in [0.29, 0.717) is 12.0 Å². The Balaban J connectivity index is 2.87. The van der Waals surface area contributed by atoms with Gasteiger partial charge in [0.15, 0.2) is 5.78 Å². The zero-order valence-corrected chi connectivity index (χ0v) is 6.66. The zero-order valence-electron chi connectivity index (χ0n) is 6.66. The van der Waals surface area contributed by atoms with Crippen LogP contribution in [-0.2, 0) is 0 Å². The maximum absolute atomic E-state index is 11.2. The van der Waals surface area contributed by atoms with Crippen molar-refractivity contribution in [1.82, 2.24) is 0 Å². The summed E-state index contributed by atoms with van der Waals surface area (Å²) in [5.74, 6) is 0.0887. The SMILES string of the molecule is C=CCC(=O)c1cccc(O)c1. The number of ketones is 1. The van der Waals surface area contributed by atoms with Crippen molar-refractivity contribution in [2.75, 3.05) is 0 Å². The van der Waals surface area contributed by atoms with Crippen LogP contribution < -0.4 is 0 Å². The largest absolute Gasteiger partial charge is 0.508 e. The predicted octanol–water partition coefficient (Wildman–Crippen LogP) is 2.15. The minimum atomic E-state index is -0.0269. The Kier molecular flexibility index (Phi) is 2.64. The molecule has 2 heteroatoms. The number of hydrogen-bond donors (Lipinski definition) is 1. The molecule has 0 heterocycles. The molecule has 62 valence electrons. The second kappa shape index (κ2) is 3.72. The molecule has 0 bridgehead atoms. The van der Waals surface area contributed by atoms with Crippen LogP contribution >= 0.6 is 0 Å². The van der Waals surface area contributed by atoms with Crippen LogP contribution in [0.25, 0.3) is 0 Å². The number of rotatable bonds is 3. The van der Waals surface area contributed by atoms with Gasteiger partial charge in [-0.2, -0.15) is 0 Å². The number of allylic oxidation sites excluding steroid dienone is 1. The van der Waals surface area contributed by atoms with Gasteiger partial charge in [0.2, 0.25) is 0 Å². The van der Waals surface area contributed by atoms with Crippen molar-refractivity contribution in [2.45, 2.75) is 6.42 Å². The van der Waals surface area contributed by atoms with Crippen molar-refractivity contribution >= 4 is 5.78 Å². The molecule has 0 aliphatic rings. The standard InChI is InChI=1S/C10H10O2/c1-2-4-10(12)8-5-3-6-9(11)7-8/h2-3,5-7,11H,1,4H2. The van der Waals surface area contributed by atoms with Crippen LogP contribution in [0.5, 0.6) is 5.75 Å². The molecule has 0 aliphatic carbocycles. The summed E-state index contributed by atoms with van der Waals surface area (Å²) in [7, 11) is 0. The summed E-state index contributed by atoms with van der Waals surface area (Å²) in [5, 5.41) is 9.05. The first-order valence-electron chi connectivity index (χ1n) is 3.67. The molecule has 1 N–H and O–H groups in total. The van der Waals surface area contributed by atoms with Crippen LogP contribution in [0.1, 0.15) is 16.8 Å². The molecule has 0 radical (unpaired) electrons. The third kappa shape index (κ3) is 1.95. The lowest BCUT2D eigenvalue weighted by atomic mass is 10.1. The Bertz CT molecular complexity index is 302. The number of benzene rings is 1. The van der Waals surface area contributed by atoms with Gasteiger partial charge in [0, 0.05) is 12.0 Å². The van der Waals surface area contributed by atoms with E-state index in [-0.39, 0.29) is 11.5 Å². The van der Waals surface area contributed by atoms with Gasteiger partial charge in [0.05, 0.1) is 0 Å². The molecule has 0 fully saturated rings. The number of Topliss-reactive ketones (excluding diaryl/α,β-unsaturated/α-hetero) is 1. The van der Waals surface area contributed by atoms with Gasteiger partial charge in [0.25, 0.3) is 0 Å². The zero-order chi connectivity index (χ0) is 8.97. The average Bonchev–Trinajstić information content (AvgIpc) is 2.05. The summed E-state index contributed by atoms with van der Waals surface area (Å²) in [5.41, 5.74) is 0.523. The molecule has 0 saturated carbocycles. The van der Waals surface area contributed by atoms with Crippen LogP contribution in [0.15, 0.2) is 36.9 Å². The smallest absolute Gasteiger partial charge is 0.166 e. The van der Waals surface area contributed by atoms with Gasteiger partial charge < -0.3 is 5.11 Å². The van der Waals surface area contributed by atoms with E-state index < -0.39 is 0 Å². The van der Waals surface area contributed by atoms with Gasteiger partial charge in [-0.3, -0.25) is 4.79 Å². The molecule has 1 aromatic carbocycles. The summed E-state index contributed by atoms with van der Waals surface area (Å²) in [6, 6.07) is 6.30. The third-order valence-corrected chi connectivity index (χ3v) is 1.50. The maximum atomic E-state index is 11.2. The van der Waals surface area contributed by atoms with Crippen molar-refractivity contribution in [1.29, 1.82) is 0 Å². The monoisotopic (exact) mass is 162 g/mol. The van der Waals surface area contributed by atoms with Gasteiger partial charge in [-0.25, -0.2) is 0 Å². The minimum Gasteiger partial charge on any atom is -0.508 e. The molecular formula is C10H10O2. The number of carbonyl (C=O) groups excluding carboxylic acids is 1. The molecule has 0 saturated heterocycles. The molecule has 12 heavy (non-hydrogen) atoms. The van der Waals surface area contributed by atoms with Crippen molar-refractivity contribution in [3.63, 3.8) is 0 Å². The molecule has 0 amide bonds. The van der Waals surface area contributed by atoms with Crippen molar-refractivity contribution < 1.29 is 9.90 Å². The fourth-order valence-electron chi connectivity index (χ4n) is 0.928. The van der Waals surface area contributed by atoms with E-state index in [1.54, 1.807) is 18.2 Å². The van der Waals surface area contributed by atoms with E-state index in [0.717, 1.165) is 0 Å². The van der Waals surface area contributed by atoms with E-state index in [2.05, 4.69) is 6.58 Å². The predicted molar refractivity (Wildman–Crippen MR) is 47.3 cm³/mol. The summed E-state index contributed by atoms with van der Waals surface area (Å²) >= 11 is 0. The van der Waals surface area contributed by atoms with Crippen LogP contribution in [0, 0.1) is 0 Å². The molecule has 1 aromatic rings. The molecule has 0 unspecified atom stereocenters. The van der Waals surface area contributed by atoms with Crippen LogP contribution in [0.3, 0.4) is 0 Å². The normalized spacial score (nSPS) is 9.33. The Labute approximate surface area is 71.2 Å². The first-order valence-corrected chi connectivity index (χ1v) is 3.67. The van der Waals surface area contributed by atoms with E-state index in [4.69, 9.17) is 5.11 Å². The Morgan fingerprint density at radius 1 is 1.58 bits per heavy atom. The Morgan fingerprint density at radius 3 is 2.92 bits per heavy atom. The second-order valence-electron chi connectivity index (χ2n) is 2.47. The van der Waals surface area contributed by atoms with Gasteiger partial charge in [-0.1, -0.05) is 18.2 Å². The van der Waals surface area contributed by atoms with Crippen LogP contribution in [-0.4, -0.2) is 10.9 Å². The Morgan fingerprint density at radius 2 is 2.33 bits per heavy atom. The molecule has 0 aliphatic heterocycles. The quantitative estimate of drug-likeness (QED) is 0.546. The van der Waals surface area contributed by atoms with Gasteiger partial charge >= 0.3 is 0 Å². The van der Waals surface area contributed by atoms with E-state index in [1.165, 1.54) is 12.1 Å². The molecule has 0 atom stereocenters. The van der Waals surface area contributed by atoms with Gasteiger partial charge in [0.1, 0.15) is 5.75 Å². The van der Waals surface area contributed by atoms with Crippen LogP contribution in [0.2, 0.25) is 0 Å². The summed E-state index contributed by atoms with van der Waals surface area (Å²) in [6.07, 6.45) is 1.86. The lowest BCUT2D eigenvalue weighted by Crippen LogP contribution is -1.95. The fraction of sp³-hybridized carbons (Fsp3) is 0.100. The topological polar surface area (TPSA) is 37.3 Å². The highest BCUT2D eigenvalue weighted by Crippen LogP contribution is 2.12. The van der Waals surface area contributed by atoms with Crippen molar-refractivity contribution in [3.05, 3.63) is 42.5 Å². The van der Waals surface area contributed by atoms with E-state index in [1.807, 2.05) is 0 Å². The first kappa shape index (κ1) is 8.53. The highest BCUT2D eigenvalue weighted by Gasteiger charge is 2.02. The molecule has 0 aromatic heterocycles. The van der Waals surface area contributed by atoms with Crippen LogP contribution in [0.4, 0.5) is 0 Å². The molecule has 1 rings (SSSR count). The third-order valence-electron chi connectivity index (χ3n) is 1.50. The second-order valence-corrected chi connectivity index (χ2v) is 2.47. The highest BCUT2D eigenvalue weighted by molar-refractivity contribution is 5.97. The maximum Gasteiger partial charge on any atom is 0.166 e. The van der Waals surface area contributed by atoms with Gasteiger partial charge in [-0.15, -0.1) is 6.58 Å². The van der Waals surface area contributed by atoms with Crippen molar-refractivity contribution in [3.8, 4) is 5.75 Å². The fourth-order valence-corrected chi connectivity index (χ4v) is 0.928. The molecule has 2 nitrogen and oxygen atoms in total. The molecular weight excluding hydrogens is 152 g/mol. The lowest BCUT2D eigenvalue weighted by molar-refractivity contribution is 0.0995.